The molecule has 104 valence electrons. The van der Waals surface area contributed by atoms with E-state index in [-0.39, 0.29) is 10.8 Å². The van der Waals surface area contributed by atoms with Gasteiger partial charge in [-0.2, -0.15) is 0 Å². The molecule has 1 fully saturated rings. The number of fused-ring (bicyclic) bond motifs is 1. The second-order valence-corrected chi connectivity index (χ2v) is 6.61. The van der Waals surface area contributed by atoms with Crippen molar-refractivity contribution in [2.75, 3.05) is 23.7 Å². The van der Waals surface area contributed by atoms with Gasteiger partial charge in [0.1, 0.15) is 5.82 Å². The van der Waals surface area contributed by atoms with Crippen molar-refractivity contribution in [2.45, 2.75) is 32.6 Å². The van der Waals surface area contributed by atoms with E-state index in [0.717, 1.165) is 30.4 Å². The van der Waals surface area contributed by atoms with Crippen LogP contribution in [0.4, 0.5) is 15.8 Å². The summed E-state index contributed by atoms with van der Waals surface area (Å²) >= 11 is 5.85. The van der Waals surface area contributed by atoms with E-state index in [0.29, 0.717) is 5.41 Å². The van der Waals surface area contributed by atoms with E-state index < -0.39 is 0 Å². The zero-order valence-corrected chi connectivity index (χ0v) is 12.0. The Morgan fingerprint density at radius 1 is 1.16 bits per heavy atom. The van der Waals surface area contributed by atoms with Gasteiger partial charge in [-0.15, -0.1) is 0 Å². The average Bonchev–Trinajstić information content (AvgIpc) is 2.56. The van der Waals surface area contributed by atoms with Crippen molar-refractivity contribution in [2.24, 2.45) is 11.3 Å². The summed E-state index contributed by atoms with van der Waals surface area (Å²) in [5.74, 6) is 0.478. The lowest BCUT2D eigenvalue weighted by atomic mass is 9.71. The lowest BCUT2D eigenvalue weighted by Gasteiger charge is -2.38. The summed E-state index contributed by atoms with van der Waals surface area (Å²) in [6, 6.07) is 3.18. The first-order valence-corrected chi connectivity index (χ1v) is 7.43. The molecule has 0 radical (unpaired) electrons. The van der Waals surface area contributed by atoms with E-state index >= 15 is 0 Å². The van der Waals surface area contributed by atoms with Crippen molar-refractivity contribution in [1.82, 2.24) is 0 Å². The molecule has 1 aromatic carbocycles. The summed E-state index contributed by atoms with van der Waals surface area (Å²) in [5.41, 5.74) is 2.05. The van der Waals surface area contributed by atoms with Crippen LogP contribution in [0.1, 0.15) is 32.6 Å². The van der Waals surface area contributed by atoms with Gasteiger partial charge >= 0.3 is 0 Å². The van der Waals surface area contributed by atoms with Gasteiger partial charge in [-0.05, 0) is 24.8 Å². The average molecular weight is 283 g/mol. The normalized spacial score (nSPS) is 30.2. The van der Waals surface area contributed by atoms with E-state index in [1.54, 1.807) is 6.07 Å². The van der Waals surface area contributed by atoms with E-state index in [2.05, 4.69) is 17.6 Å². The highest BCUT2D eigenvalue weighted by Gasteiger charge is 2.35. The minimum Gasteiger partial charge on any atom is -0.383 e. The standard InChI is InChI=1S/C15H20ClFN2/c1-10-2-4-15(5-3-10)8-18-13-6-11(16)12(17)7-14(13)19-9-15/h6-7,10,18-19H,2-5,8-9H2,1H3. The monoisotopic (exact) mass is 282 g/mol. The number of anilines is 2. The minimum absolute atomic E-state index is 0.182. The second kappa shape index (κ2) is 4.86. The number of halogens is 2. The molecule has 0 bridgehead atoms. The molecule has 0 saturated heterocycles. The Labute approximate surface area is 118 Å². The van der Waals surface area contributed by atoms with Crippen LogP contribution in [0.5, 0.6) is 0 Å². The quantitative estimate of drug-likeness (QED) is 0.731. The predicted molar refractivity (Wildman–Crippen MR) is 78.5 cm³/mol. The Hall–Kier alpha value is -0.960. The fraction of sp³-hybridized carbons (Fsp3) is 0.600. The molecular formula is C15H20ClFN2. The number of hydrogen-bond donors (Lipinski definition) is 2. The van der Waals surface area contributed by atoms with Gasteiger partial charge in [-0.1, -0.05) is 31.4 Å². The van der Waals surface area contributed by atoms with Gasteiger partial charge < -0.3 is 10.6 Å². The first-order valence-electron chi connectivity index (χ1n) is 7.05. The SMILES string of the molecule is CC1CCC2(CC1)CNc1cc(F)c(Cl)cc1NC2. The maximum absolute atomic E-state index is 13.5. The van der Waals surface area contributed by atoms with E-state index in [4.69, 9.17) is 11.6 Å². The first-order chi connectivity index (χ1) is 9.08. The highest BCUT2D eigenvalue weighted by atomic mass is 35.5. The fourth-order valence-corrected chi connectivity index (χ4v) is 3.36. The van der Waals surface area contributed by atoms with Crippen molar-refractivity contribution < 1.29 is 4.39 Å². The van der Waals surface area contributed by atoms with Crippen molar-refractivity contribution >= 4 is 23.0 Å². The Bertz CT molecular complexity index is 446. The van der Waals surface area contributed by atoms with Crippen molar-refractivity contribution in [3.05, 3.63) is 23.0 Å². The van der Waals surface area contributed by atoms with Gasteiger partial charge in [0, 0.05) is 24.6 Å². The van der Waals surface area contributed by atoms with Crippen molar-refractivity contribution in [1.29, 1.82) is 0 Å². The Balaban J connectivity index is 1.81. The predicted octanol–water partition coefficient (Wildman–Crippen LogP) is 4.51. The molecule has 2 nitrogen and oxygen atoms in total. The third-order valence-corrected chi connectivity index (χ3v) is 4.99. The maximum Gasteiger partial charge on any atom is 0.143 e. The van der Waals surface area contributed by atoms with Gasteiger partial charge in [-0.25, -0.2) is 4.39 Å². The molecule has 2 N–H and O–H groups in total. The minimum atomic E-state index is -0.358. The molecule has 2 aliphatic rings. The lowest BCUT2D eigenvalue weighted by molar-refractivity contribution is 0.185. The smallest absolute Gasteiger partial charge is 0.143 e. The van der Waals surface area contributed by atoms with Crippen LogP contribution in [0.25, 0.3) is 0 Å². The van der Waals surface area contributed by atoms with Gasteiger partial charge in [-0.3, -0.25) is 0 Å². The summed E-state index contributed by atoms with van der Waals surface area (Å²) in [6.07, 6.45) is 5.04. The molecule has 0 aromatic heterocycles. The van der Waals surface area contributed by atoms with Crippen molar-refractivity contribution in [3.63, 3.8) is 0 Å². The van der Waals surface area contributed by atoms with Crippen LogP contribution in [-0.2, 0) is 0 Å². The molecule has 0 unspecified atom stereocenters. The molecule has 1 saturated carbocycles. The molecule has 4 heteroatoms. The van der Waals surface area contributed by atoms with E-state index in [9.17, 15) is 4.39 Å². The van der Waals surface area contributed by atoms with Gasteiger partial charge in [0.25, 0.3) is 0 Å². The summed E-state index contributed by atoms with van der Waals surface area (Å²) in [5, 5.41) is 7.04. The van der Waals surface area contributed by atoms with Crippen LogP contribution in [0, 0.1) is 17.2 Å². The highest BCUT2D eigenvalue weighted by molar-refractivity contribution is 6.31. The molecule has 1 aliphatic heterocycles. The Morgan fingerprint density at radius 2 is 1.74 bits per heavy atom. The molecule has 1 aliphatic carbocycles. The van der Waals surface area contributed by atoms with Gasteiger partial charge in [0.15, 0.2) is 0 Å². The molecule has 1 aromatic rings. The molecule has 3 rings (SSSR count). The number of rotatable bonds is 0. The topological polar surface area (TPSA) is 24.1 Å². The van der Waals surface area contributed by atoms with Gasteiger partial charge in [0.2, 0.25) is 0 Å². The summed E-state index contributed by atoms with van der Waals surface area (Å²) < 4.78 is 13.5. The van der Waals surface area contributed by atoms with E-state index in [1.807, 2.05) is 0 Å². The largest absolute Gasteiger partial charge is 0.383 e. The number of benzene rings is 1. The molecule has 1 heterocycles. The zero-order chi connectivity index (χ0) is 13.5. The van der Waals surface area contributed by atoms with Crippen LogP contribution >= 0.6 is 11.6 Å². The van der Waals surface area contributed by atoms with Gasteiger partial charge in [0.05, 0.1) is 16.4 Å². The number of hydrogen-bond acceptors (Lipinski definition) is 2. The first kappa shape index (κ1) is 13.0. The maximum atomic E-state index is 13.5. The van der Waals surface area contributed by atoms with E-state index in [1.165, 1.54) is 31.7 Å². The third-order valence-electron chi connectivity index (χ3n) is 4.70. The van der Waals surface area contributed by atoms with Crippen LogP contribution in [0.3, 0.4) is 0 Å². The molecule has 19 heavy (non-hydrogen) atoms. The Morgan fingerprint density at radius 3 is 2.37 bits per heavy atom. The van der Waals surface area contributed by atoms with Crippen molar-refractivity contribution in [3.8, 4) is 0 Å². The summed E-state index contributed by atoms with van der Waals surface area (Å²) in [7, 11) is 0. The van der Waals surface area contributed by atoms with Crippen LogP contribution in [-0.4, -0.2) is 13.1 Å². The molecule has 0 amide bonds. The fourth-order valence-electron chi connectivity index (χ4n) is 3.20. The third kappa shape index (κ3) is 2.53. The molecule has 1 spiro atoms. The molecular weight excluding hydrogens is 263 g/mol. The van der Waals surface area contributed by atoms with Crippen LogP contribution in [0.15, 0.2) is 12.1 Å². The second-order valence-electron chi connectivity index (χ2n) is 6.20. The Kier molecular flexibility index (Phi) is 3.34. The lowest BCUT2D eigenvalue weighted by Crippen LogP contribution is -2.38. The van der Waals surface area contributed by atoms with Crippen LogP contribution < -0.4 is 10.6 Å². The highest BCUT2D eigenvalue weighted by Crippen LogP contribution is 2.42. The zero-order valence-electron chi connectivity index (χ0n) is 11.2. The number of nitrogens with one attached hydrogen (secondary N) is 2. The molecule has 0 atom stereocenters. The summed E-state index contributed by atoms with van der Waals surface area (Å²) in [6.45, 7) is 4.19. The summed E-state index contributed by atoms with van der Waals surface area (Å²) in [4.78, 5) is 0. The van der Waals surface area contributed by atoms with Crippen LogP contribution in [0.2, 0.25) is 5.02 Å².